The van der Waals surface area contributed by atoms with Gasteiger partial charge in [0.25, 0.3) is 0 Å². The number of benzene rings is 3. The third-order valence-electron chi connectivity index (χ3n) is 4.60. The van der Waals surface area contributed by atoms with Crippen LogP contribution in [0.25, 0.3) is 0 Å². The van der Waals surface area contributed by atoms with Crippen LogP contribution in [-0.4, -0.2) is 27.9 Å². The minimum atomic E-state index is -4.18. The molecule has 6 nitrogen and oxygen atoms in total. The Morgan fingerprint density at radius 3 is 1.60 bits per heavy atom. The van der Waals surface area contributed by atoms with E-state index in [-0.39, 0.29) is 9.79 Å². The van der Waals surface area contributed by atoms with Crippen molar-refractivity contribution in [2.75, 3.05) is 0 Å². The second kappa shape index (κ2) is 8.91. The van der Waals surface area contributed by atoms with Crippen molar-refractivity contribution in [3.8, 4) is 0 Å². The highest BCUT2D eigenvalue weighted by molar-refractivity contribution is 7.93. The minimum Gasteiger partial charge on any atom is -0.298 e. The van der Waals surface area contributed by atoms with E-state index in [1.807, 2.05) is 0 Å². The molecule has 2 unspecified atom stereocenters. The maximum atomic E-state index is 13.4. The van der Waals surface area contributed by atoms with Gasteiger partial charge in [-0.2, -0.15) is 0 Å². The summed E-state index contributed by atoms with van der Waals surface area (Å²) in [5.74, 6) is -0.663. The van der Waals surface area contributed by atoms with E-state index in [2.05, 4.69) is 4.72 Å². The van der Waals surface area contributed by atoms with Crippen LogP contribution >= 0.6 is 0 Å². The number of Topliss-reactive ketones (excluding diaryl/α,β-unsaturated/α-hetero) is 1. The number of carbonyl (C=O) groups is 1. The fourth-order valence-electron chi connectivity index (χ4n) is 3.19. The SMILES string of the molecule is CC(=O)C(C(NS(=O)(=O)c1ccccc1)c1ccccc1)S(=O)(=O)c1ccccc1. The van der Waals surface area contributed by atoms with Gasteiger partial charge >= 0.3 is 0 Å². The Bertz CT molecular complexity index is 1210. The van der Waals surface area contributed by atoms with Crippen molar-refractivity contribution in [1.82, 2.24) is 4.72 Å². The quantitative estimate of drug-likeness (QED) is 0.577. The Kier molecular flexibility index (Phi) is 6.50. The highest BCUT2D eigenvalue weighted by atomic mass is 32.2. The van der Waals surface area contributed by atoms with Gasteiger partial charge in [0.15, 0.2) is 9.84 Å². The molecule has 1 N–H and O–H groups in total. The van der Waals surface area contributed by atoms with E-state index in [0.717, 1.165) is 6.92 Å². The number of carbonyl (C=O) groups excluding carboxylic acids is 1. The largest absolute Gasteiger partial charge is 0.298 e. The van der Waals surface area contributed by atoms with Gasteiger partial charge in [0.1, 0.15) is 11.0 Å². The molecule has 0 aliphatic heterocycles. The van der Waals surface area contributed by atoms with Gasteiger partial charge in [-0.05, 0) is 36.8 Å². The molecule has 3 rings (SSSR count). The number of nitrogens with one attached hydrogen (secondary N) is 1. The number of sulfonamides is 1. The molecular formula is C22H21NO5S2. The molecule has 0 spiro atoms. The van der Waals surface area contributed by atoms with Crippen molar-refractivity contribution in [3.05, 3.63) is 96.6 Å². The fraction of sp³-hybridized carbons (Fsp3) is 0.136. The van der Waals surface area contributed by atoms with E-state index in [1.54, 1.807) is 66.7 Å². The Morgan fingerprint density at radius 1 is 0.700 bits per heavy atom. The summed E-state index contributed by atoms with van der Waals surface area (Å²) < 4.78 is 55.1. The average Bonchev–Trinajstić information content (AvgIpc) is 2.74. The Hall–Kier alpha value is -2.81. The van der Waals surface area contributed by atoms with E-state index < -0.39 is 36.9 Å². The van der Waals surface area contributed by atoms with Crippen molar-refractivity contribution in [2.45, 2.75) is 28.0 Å². The van der Waals surface area contributed by atoms with Crippen LogP contribution in [0.4, 0.5) is 0 Å². The molecular weight excluding hydrogens is 422 g/mol. The predicted octanol–water partition coefficient (Wildman–Crippen LogP) is 3.14. The summed E-state index contributed by atoms with van der Waals surface area (Å²) in [6, 6.07) is 22.1. The third kappa shape index (κ3) is 4.67. The van der Waals surface area contributed by atoms with Gasteiger partial charge in [0, 0.05) is 0 Å². The highest BCUT2D eigenvalue weighted by Gasteiger charge is 2.41. The Labute approximate surface area is 176 Å². The molecule has 0 heterocycles. The first kappa shape index (κ1) is 21.9. The van der Waals surface area contributed by atoms with Crippen LogP contribution in [0.3, 0.4) is 0 Å². The normalized spacial score (nSPS) is 14.0. The number of ketones is 1. The van der Waals surface area contributed by atoms with Gasteiger partial charge in [0.2, 0.25) is 10.0 Å². The van der Waals surface area contributed by atoms with Gasteiger partial charge < -0.3 is 0 Å². The highest BCUT2D eigenvalue weighted by Crippen LogP contribution is 2.29. The van der Waals surface area contributed by atoms with Gasteiger partial charge in [-0.1, -0.05) is 66.7 Å². The minimum absolute atomic E-state index is 0.0228. The number of hydrogen-bond donors (Lipinski definition) is 1. The molecule has 0 amide bonds. The van der Waals surface area contributed by atoms with Gasteiger partial charge in [-0.15, -0.1) is 0 Å². The zero-order valence-electron chi connectivity index (χ0n) is 16.2. The summed E-state index contributed by atoms with van der Waals surface area (Å²) >= 11 is 0. The molecule has 0 saturated carbocycles. The summed E-state index contributed by atoms with van der Waals surface area (Å²) in [6.45, 7) is 1.15. The molecule has 0 aliphatic carbocycles. The Morgan fingerprint density at radius 2 is 1.13 bits per heavy atom. The van der Waals surface area contributed by atoms with Crippen molar-refractivity contribution in [2.24, 2.45) is 0 Å². The molecule has 3 aromatic carbocycles. The number of hydrogen-bond acceptors (Lipinski definition) is 5. The monoisotopic (exact) mass is 443 g/mol. The molecule has 0 saturated heterocycles. The maximum absolute atomic E-state index is 13.4. The molecule has 0 radical (unpaired) electrons. The lowest BCUT2D eigenvalue weighted by Gasteiger charge is -2.26. The van der Waals surface area contributed by atoms with Crippen LogP contribution in [0, 0.1) is 0 Å². The van der Waals surface area contributed by atoms with Crippen LogP contribution in [0.1, 0.15) is 18.5 Å². The van der Waals surface area contributed by atoms with E-state index in [4.69, 9.17) is 0 Å². The van der Waals surface area contributed by atoms with Crippen LogP contribution in [0.2, 0.25) is 0 Å². The maximum Gasteiger partial charge on any atom is 0.241 e. The molecule has 0 aliphatic rings. The third-order valence-corrected chi connectivity index (χ3v) is 8.26. The first-order valence-corrected chi connectivity index (χ1v) is 12.2. The molecule has 30 heavy (non-hydrogen) atoms. The second-order valence-corrected chi connectivity index (χ2v) is 10.5. The zero-order valence-corrected chi connectivity index (χ0v) is 17.8. The molecule has 3 aromatic rings. The predicted molar refractivity (Wildman–Crippen MR) is 114 cm³/mol. The molecule has 0 bridgehead atoms. The molecule has 8 heteroatoms. The summed E-state index contributed by atoms with van der Waals surface area (Å²) in [4.78, 5) is 12.5. The summed E-state index contributed by atoms with van der Waals surface area (Å²) in [7, 11) is -8.27. The van der Waals surface area contributed by atoms with Gasteiger partial charge in [-0.25, -0.2) is 21.6 Å². The zero-order chi connectivity index (χ0) is 21.8. The van der Waals surface area contributed by atoms with Crippen molar-refractivity contribution in [1.29, 1.82) is 0 Å². The van der Waals surface area contributed by atoms with Crippen LogP contribution in [-0.2, 0) is 24.7 Å². The lowest BCUT2D eigenvalue weighted by atomic mass is 10.0. The molecule has 2 atom stereocenters. The number of sulfone groups is 1. The van der Waals surface area contributed by atoms with Crippen molar-refractivity contribution in [3.63, 3.8) is 0 Å². The van der Waals surface area contributed by atoms with Crippen molar-refractivity contribution < 1.29 is 21.6 Å². The number of rotatable bonds is 8. The molecule has 156 valence electrons. The lowest BCUT2D eigenvalue weighted by molar-refractivity contribution is -0.117. The first-order valence-electron chi connectivity index (χ1n) is 9.15. The van der Waals surface area contributed by atoms with E-state index in [9.17, 15) is 21.6 Å². The van der Waals surface area contributed by atoms with Crippen LogP contribution < -0.4 is 4.72 Å². The second-order valence-electron chi connectivity index (χ2n) is 6.71. The van der Waals surface area contributed by atoms with E-state index >= 15 is 0 Å². The van der Waals surface area contributed by atoms with E-state index in [1.165, 1.54) is 24.3 Å². The molecule has 0 fully saturated rings. The summed E-state index contributed by atoms with van der Waals surface area (Å²) in [6.07, 6.45) is 0. The lowest BCUT2D eigenvalue weighted by Crippen LogP contribution is -2.44. The van der Waals surface area contributed by atoms with Gasteiger partial charge in [-0.3, -0.25) is 4.79 Å². The van der Waals surface area contributed by atoms with Crippen LogP contribution in [0.5, 0.6) is 0 Å². The van der Waals surface area contributed by atoms with E-state index in [0.29, 0.717) is 5.56 Å². The van der Waals surface area contributed by atoms with Gasteiger partial charge in [0.05, 0.1) is 15.8 Å². The van der Waals surface area contributed by atoms with Crippen LogP contribution in [0.15, 0.2) is 101 Å². The first-order chi connectivity index (χ1) is 14.2. The molecule has 0 aromatic heterocycles. The Balaban J connectivity index is 2.15. The van der Waals surface area contributed by atoms with Crippen molar-refractivity contribution >= 4 is 25.6 Å². The average molecular weight is 444 g/mol. The standard InChI is InChI=1S/C22H21NO5S2/c1-17(24)22(29(25,26)19-13-7-3-8-14-19)21(18-11-5-2-6-12-18)23-30(27,28)20-15-9-4-10-16-20/h2-16,21-23H,1H3. The smallest absolute Gasteiger partial charge is 0.241 e. The summed E-state index contributed by atoms with van der Waals surface area (Å²) in [5, 5.41) is -1.64. The summed E-state index contributed by atoms with van der Waals surface area (Å²) in [5.41, 5.74) is 0.372. The topological polar surface area (TPSA) is 97.4 Å². The fourth-order valence-corrected chi connectivity index (χ4v) is 6.38.